The number of fused-ring (bicyclic) bond motifs is 1. The standard InChI is InChI=1S/C24H28N4O5S/c1-33-24(32)27-11-8-16(9-12-27)15-25-21(29)22(30)26-18-6-7-19-17(14-18)4-2-10-28(19)23(31)20-5-3-13-34-20/h3,5-7,13-14,16H,2,4,8-12,15H2,1H3,(H,25,29)(H,26,30). The van der Waals surface area contributed by atoms with Crippen molar-refractivity contribution < 1.29 is 23.9 Å². The van der Waals surface area contributed by atoms with Crippen LogP contribution in [-0.2, 0) is 20.7 Å². The van der Waals surface area contributed by atoms with E-state index in [2.05, 4.69) is 10.6 Å². The molecule has 2 aromatic rings. The minimum Gasteiger partial charge on any atom is -0.453 e. The second kappa shape index (κ2) is 10.7. The van der Waals surface area contributed by atoms with E-state index in [0.29, 0.717) is 36.7 Å². The van der Waals surface area contributed by atoms with Crippen LogP contribution in [0.15, 0.2) is 35.7 Å². The molecule has 2 N–H and O–H groups in total. The van der Waals surface area contributed by atoms with Gasteiger partial charge in [0, 0.05) is 37.6 Å². The van der Waals surface area contributed by atoms with E-state index in [4.69, 9.17) is 4.74 Å². The molecule has 2 aliphatic heterocycles. The third-order valence-electron chi connectivity index (χ3n) is 6.24. The normalized spacial score (nSPS) is 15.9. The van der Waals surface area contributed by atoms with Crippen molar-refractivity contribution in [2.24, 2.45) is 5.92 Å². The number of amides is 4. The summed E-state index contributed by atoms with van der Waals surface area (Å²) in [5.41, 5.74) is 2.33. The molecule has 1 aromatic heterocycles. The van der Waals surface area contributed by atoms with Crippen LogP contribution in [0.5, 0.6) is 0 Å². The first kappa shape index (κ1) is 23.7. The highest BCUT2D eigenvalue weighted by Gasteiger charge is 2.26. The van der Waals surface area contributed by atoms with E-state index in [9.17, 15) is 19.2 Å². The average Bonchev–Trinajstić information content (AvgIpc) is 3.41. The maximum absolute atomic E-state index is 12.8. The Bertz CT molecular complexity index is 1060. The first-order valence-corrected chi connectivity index (χ1v) is 12.2. The fraction of sp³-hybridized carbons (Fsp3) is 0.417. The van der Waals surface area contributed by atoms with E-state index in [0.717, 1.165) is 36.9 Å². The average molecular weight is 485 g/mol. The number of nitrogens with zero attached hydrogens (tertiary/aromatic N) is 2. The third kappa shape index (κ3) is 5.39. The van der Waals surface area contributed by atoms with Gasteiger partial charge in [0.2, 0.25) is 0 Å². The van der Waals surface area contributed by atoms with Gasteiger partial charge < -0.3 is 25.2 Å². The van der Waals surface area contributed by atoms with Gasteiger partial charge in [0.05, 0.1) is 12.0 Å². The van der Waals surface area contributed by atoms with Crippen molar-refractivity contribution in [3.63, 3.8) is 0 Å². The van der Waals surface area contributed by atoms with Gasteiger partial charge in [0.1, 0.15) is 0 Å². The number of piperidine rings is 1. The Hall–Kier alpha value is -3.40. The molecule has 4 rings (SSSR count). The zero-order chi connectivity index (χ0) is 24.1. The SMILES string of the molecule is COC(=O)N1CCC(CNC(=O)C(=O)Nc2ccc3c(c2)CCCN3C(=O)c2cccs2)CC1. The summed E-state index contributed by atoms with van der Waals surface area (Å²) in [5, 5.41) is 7.23. The van der Waals surface area contributed by atoms with E-state index in [1.807, 2.05) is 29.6 Å². The zero-order valence-corrected chi connectivity index (χ0v) is 19.9. The molecule has 0 spiro atoms. The summed E-state index contributed by atoms with van der Waals surface area (Å²) in [7, 11) is 1.36. The molecule has 180 valence electrons. The molecule has 3 heterocycles. The van der Waals surface area contributed by atoms with Crippen LogP contribution in [0.1, 0.15) is 34.5 Å². The Balaban J connectivity index is 1.30. The molecular weight excluding hydrogens is 456 g/mol. The minimum atomic E-state index is -0.728. The number of ether oxygens (including phenoxy) is 1. The number of carbonyl (C=O) groups is 4. The Kier molecular flexibility index (Phi) is 7.46. The van der Waals surface area contributed by atoms with Crippen molar-refractivity contribution in [2.75, 3.05) is 43.5 Å². The summed E-state index contributed by atoms with van der Waals surface area (Å²) in [4.78, 5) is 53.2. The fourth-order valence-electron chi connectivity index (χ4n) is 4.37. The lowest BCUT2D eigenvalue weighted by atomic mass is 9.97. The van der Waals surface area contributed by atoms with Crippen molar-refractivity contribution in [2.45, 2.75) is 25.7 Å². The summed E-state index contributed by atoms with van der Waals surface area (Å²) >= 11 is 1.42. The molecule has 0 radical (unpaired) electrons. The number of likely N-dealkylation sites (tertiary alicyclic amines) is 1. The van der Waals surface area contributed by atoms with E-state index >= 15 is 0 Å². The Morgan fingerprint density at radius 2 is 1.88 bits per heavy atom. The Morgan fingerprint density at radius 1 is 1.09 bits per heavy atom. The summed E-state index contributed by atoms with van der Waals surface area (Å²) in [5.74, 6) is -1.24. The highest BCUT2D eigenvalue weighted by molar-refractivity contribution is 7.12. The monoisotopic (exact) mass is 484 g/mol. The topological polar surface area (TPSA) is 108 Å². The van der Waals surface area contributed by atoms with Crippen molar-refractivity contribution in [1.29, 1.82) is 0 Å². The van der Waals surface area contributed by atoms with Crippen LogP contribution in [0.3, 0.4) is 0 Å². The first-order valence-electron chi connectivity index (χ1n) is 11.4. The van der Waals surface area contributed by atoms with Gasteiger partial charge in [-0.05, 0) is 66.8 Å². The molecule has 0 aliphatic carbocycles. The summed E-state index contributed by atoms with van der Waals surface area (Å²) in [6.45, 7) is 2.17. The molecule has 34 heavy (non-hydrogen) atoms. The van der Waals surface area contributed by atoms with Crippen LogP contribution in [-0.4, -0.2) is 62.0 Å². The number of rotatable bonds is 4. The third-order valence-corrected chi connectivity index (χ3v) is 7.10. The highest BCUT2D eigenvalue weighted by Crippen LogP contribution is 2.31. The molecule has 1 saturated heterocycles. The second-order valence-corrected chi connectivity index (χ2v) is 9.39. The predicted octanol–water partition coefficient (Wildman–Crippen LogP) is 2.87. The van der Waals surface area contributed by atoms with E-state index in [1.54, 1.807) is 15.9 Å². The van der Waals surface area contributed by atoms with Gasteiger partial charge in [-0.2, -0.15) is 0 Å². The van der Waals surface area contributed by atoms with Gasteiger partial charge in [-0.25, -0.2) is 4.79 Å². The minimum absolute atomic E-state index is 0.0236. The number of nitrogens with one attached hydrogen (secondary N) is 2. The smallest absolute Gasteiger partial charge is 0.409 e. The zero-order valence-electron chi connectivity index (χ0n) is 19.0. The molecule has 1 aromatic carbocycles. The largest absolute Gasteiger partial charge is 0.453 e. The summed E-state index contributed by atoms with van der Waals surface area (Å²) in [6.07, 6.45) is 2.76. The molecule has 10 heteroatoms. The molecule has 9 nitrogen and oxygen atoms in total. The number of anilines is 2. The van der Waals surface area contributed by atoms with Crippen LogP contribution < -0.4 is 15.5 Å². The highest BCUT2D eigenvalue weighted by atomic mass is 32.1. The van der Waals surface area contributed by atoms with Gasteiger partial charge in [0.15, 0.2) is 0 Å². The number of hydrogen-bond acceptors (Lipinski definition) is 6. The maximum Gasteiger partial charge on any atom is 0.409 e. The number of thiophene rings is 1. The number of methoxy groups -OCH3 is 1. The van der Waals surface area contributed by atoms with Crippen LogP contribution in [0.2, 0.25) is 0 Å². The molecule has 0 unspecified atom stereocenters. The quantitative estimate of drug-likeness (QED) is 0.649. The van der Waals surface area contributed by atoms with Gasteiger partial charge in [0.25, 0.3) is 5.91 Å². The van der Waals surface area contributed by atoms with Crippen molar-refractivity contribution in [3.8, 4) is 0 Å². The Labute approximate surface area is 202 Å². The van der Waals surface area contributed by atoms with E-state index in [-0.39, 0.29) is 17.9 Å². The Morgan fingerprint density at radius 3 is 2.59 bits per heavy atom. The van der Waals surface area contributed by atoms with E-state index < -0.39 is 11.8 Å². The van der Waals surface area contributed by atoms with Crippen molar-refractivity contribution >= 4 is 46.5 Å². The number of carbonyl (C=O) groups excluding carboxylic acids is 4. The van der Waals surface area contributed by atoms with Gasteiger partial charge >= 0.3 is 17.9 Å². The second-order valence-electron chi connectivity index (χ2n) is 8.45. The van der Waals surface area contributed by atoms with Crippen molar-refractivity contribution in [3.05, 3.63) is 46.2 Å². The number of aryl methyl sites for hydroxylation is 1. The van der Waals surface area contributed by atoms with Gasteiger partial charge in [-0.1, -0.05) is 6.07 Å². The summed E-state index contributed by atoms with van der Waals surface area (Å²) < 4.78 is 4.73. The van der Waals surface area contributed by atoms with Crippen LogP contribution in [0.4, 0.5) is 16.2 Å². The molecule has 4 amide bonds. The molecule has 0 bridgehead atoms. The molecular formula is C24H28N4O5S. The lowest BCUT2D eigenvalue weighted by Crippen LogP contribution is -2.43. The van der Waals surface area contributed by atoms with E-state index in [1.165, 1.54) is 18.4 Å². The lowest BCUT2D eigenvalue weighted by Gasteiger charge is -2.30. The van der Waals surface area contributed by atoms with Gasteiger partial charge in [-0.3, -0.25) is 14.4 Å². The lowest BCUT2D eigenvalue weighted by molar-refractivity contribution is -0.136. The molecule has 0 atom stereocenters. The van der Waals surface area contributed by atoms with Crippen molar-refractivity contribution in [1.82, 2.24) is 10.2 Å². The molecule has 0 saturated carbocycles. The molecule has 1 fully saturated rings. The molecule has 2 aliphatic rings. The number of benzene rings is 1. The van der Waals surface area contributed by atoms with Crippen LogP contribution in [0.25, 0.3) is 0 Å². The fourth-order valence-corrected chi connectivity index (χ4v) is 5.04. The summed E-state index contributed by atoms with van der Waals surface area (Å²) in [6, 6.07) is 9.04. The predicted molar refractivity (Wildman–Crippen MR) is 129 cm³/mol. The first-order chi connectivity index (χ1) is 16.5. The number of hydrogen-bond donors (Lipinski definition) is 2. The maximum atomic E-state index is 12.8. The van der Waals surface area contributed by atoms with Gasteiger partial charge in [-0.15, -0.1) is 11.3 Å². The van der Waals surface area contributed by atoms with Crippen LogP contribution in [0, 0.1) is 5.92 Å². The van der Waals surface area contributed by atoms with Crippen LogP contribution >= 0.6 is 11.3 Å².